The number of fused-ring (bicyclic) bond motifs is 1. The number of hydrogen-bond donors (Lipinski definition) is 2. The second-order valence-corrected chi connectivity index (χ2v) is 8.53. The summed E-state index contributed by atoms with van der Waals surface area (Å²) in [6.07, 6.45) is 3.45. The fraction of sp³-hybridized carbons (Fsp3) is 0.529. The minimum atomic E-state index is -3.36. The van der Waals surface area contributed by atoms with E-state index in [-0.39, 0.29) is 0 Å². The molecule has 0 radical (unpaired) electrons. The fourth-order valence-electron chi connectivity index (χ4n) is 3.09. The average molecular weight is 368 g/mol. The van der Waals surface area contributed by atoms with Gasteiger partial charge in [-0.25, -0.2) is 13.2 Å². The van der Waals surface area contributed by atoms with E-state index in [0.29, 0.717) is 43.5 Å². The summed E-state index contributed by atoms with van der Waals surface area (Å²) in [5.74, 6) is -1.55. The van der Waals surface area contributed by atoms with Crippen molar-refractivity contribution in [2.45, 2.75) is 45.1 Å². The van der Waals surface area contributed by atoms with Crippen molar-refractivity contribution in [2.75, 3.05) is 17.1 Å². The highest BCUT2D eigenvalue weighted by Gasteiger charge is 2.34. The van der Waals surface area contributed by atoms with Crippen molar-refractivity contribution in [2.24, 2.45) is 0 Å². The van der Waals surface area contributed by atoms with E-state index >= 15 is 0 Å². The summed E-state index contributed by atoms with van der Waals surface area (Å²) in [6, 6.07) is 4.80. The van der Waals surface area contributed by atoms with Gasteiger partial charge in [0.2, 0.25) is 10.0 Å². The van der Waals surface area contributed by atoms with Crippen molar-refractivity contribution >= 4 is 27.6 Å². The molecule has 1 aromatic rings. The van der Waals surface area contributed by atoms with Crippen LogP contribution < -0.4 is 9.62 Å². The quantitative estimate of drug-likeness (QED) is 0.796. The van der Waals surface area contributed by atoms with Crippen LogP contribution in [-0.4, -0.2) is 43.7 Å². The molecule has 2 N–H and O–H groups in total. The number of hydrogen-bond acceptors (Lipinski definition) is 4. The number of aliphatic carboxylic acids is 1. The van der Waals surface area contributed by atoms with Gasteiger partial charge in [-0.2, -0.15) is 0 Å². The molecule has 0 bridgehead atoms. The zero-order valence-corrected chi connectivity index (χ0v) is 15.5. The van der Waals surface area contributed by atoms with Crippen LogP contribution in [-0.2, 0) is 21.2 Å². The van der Waals surface area contributed by atoms with Crippen LogP contribution in [0, 0.1) is 0 Å². The summed E-state index contributed by atoms with van der Waals surface area (Å²) in [5.41, 5.74) is 0.356. The number of benzene rings is 1. The van der Waals surface area contributed by atoms with Crippen LogP contribution in [0.15, 0.2) is 18.2 Å². The van der Waals surface area contributed by atoms with E-state index in [1.54, 1.807) is 12.1 Å². The third-order valence-electron chi connectivity index (χ3n) is 4.43. The van der Waals surface area contributed by atoms with Gasteiger partial charge in [0.25, 0.3) is 5.91 Å². The Bertz CT molecular complexity index is 790. The number of nitrogens with one attached hydrogen (secondary N) is 1. The zero-order chi connectivity index (χ0) is 18.8. The van der Waals surface area contributed by atoms with E-state index in [4.69, 9.17) is 0 Å². The molecule has 0 saturated carbocycles. The minimum Gasteiger partial charge on any atom is -0.480 e. The SMILES string of the molecule is CCCC(C)(NC(=O)c1ccc2c(c1)CCCN2S(C)(=O)=O)C(=O)O. The van der Waals surface area contributed by atoms with E-state index in [0.717, 1.165) is 11.8 Å². The molecule has 1 amide bonds. The summed E-state index contributed by atoms with van der Waals surface area (Å²) < 4.78 is 25.1. The highest BCUT2D eigenvalue weighted by molar-refractivity contribution is 7.92. The zero-order valence-electron chi connectivity index (χ0n) is 14.7. The van der Waals surface area contributed by atoms with Crippen LogP contribution in [0.25, 0.3) is 0 Å². The Morgan fingerprint density at radius 3 is 2.60 bits per heavy atom. The number of carbonyl (C=O) groups excluding carboxylic acids is 1. The van der Waals surface area contributed by atoms with Gasteiger partial charge >= 0.3 is 5.97 Å². The van der Waals surface area contributed by atoms with E-state index in [1.807, 2.05) is 6.92 Å². The average Bonchev–Trinajstić information content (AvgIpc) is 2.52. The van der Waals surface area contributed by atoms with Gasteiger partial charge in [0, 0.05) is 12.1 Å². The van der Waals surface area contributed by atoms with Crippen LogP contribution >= 0.6 is 0 Å². The first kappa shape index (κ1) is 19.2. The number of sulfonamides is 1. The molecule has 1 unspecified atom stereocenters. The van der Waals surface area contributed by atoms with E-state index in [9.17, 15) is 23.1 Å². The molecular formula is C17H24N2O5S. The molecule has 138 valence electrons. The first-order valence-corrected chi connectivity index (χ1v) is 10.1. The van der Waals surface area contributed by atoms with Gasteiger partial charge in [0.05, 0.1) is 11.9 Å². The third kappa shape index (κ3) is 4.12. The molecule has 0 aromatic heterocycles. The van der Waals surface area contributed by atoms with Crippen molar-refractivity contribution in [3.05, 3.63) is 29.3 Å². The van der Waals surface area contributed by atoms with Crippen molar-refractivity contribution in [1.82, 2.24) is 5.32 Å². The van der Waals surface area contributed by atoms with Crippen molar-refractivity contribution in [1.29, 1.82) is 0 Å². The first-order chi connectivity index (χ1) is 11.6. The minimum absolute atomic E-state index is 0.320. The number of aryl methyl sites for hydroxylation is 1. The van der Waals surface area contributed by atoms with Crippen molar-refractivity contribution in [3.8, 4) is 0 Å². The lowest BCUT2D eigenvalue weighted by Gasteiger charge is -2.30. The number of carboxylic acids is 1. The highest BCUT2D eigenvalue weighted by atomic mass is 32.2. The molecule has 1 heterocycles. The van der Waals surface area contributed by atoms with Crippen LogP contribution in [0.5, 0.6) is 0 Å². The molecule has 25 heavy (non-hydrogen) atoms. The van der Waals surface area contributed by atoms with E-state index < -0.39 is 27.4 Å². The van der Waals surface area contributed by atoms with Crippen LogP contribution in [0.1, 0.15) is 49.0 Å². The van der Waals surface area contributed by atoms with Gasteiger partial charge in [-0.3, -0.25) is 9.10 Å². The molecule has 8 heteroatoms. The monoisotopic (exact) mass is 368 g/mol. The molecule has 0 fully saturated rings. The van der Waals surface area contributed by atoms with E-state index in [2.05, 4.69) is 5.32 Å². The lowest BCUT2D eigenvalue weighted by atomic mass is 9.95. The Balaban J connectivity index is 2.30. The number of carbonyl (C=O) groups is 2. The standard InChI is InChI=1S/C17H24N2O5S/c1-4-9-17(2,16(21)22)18-15(20)13-7-8-14-12(11-13)6-5-10-19(14)25(3,23)24/h7-8,11H,4-6,9-10H2,1-3H3,(H,18,20)(H,21,22). The summed E-state index contributed by atoms with van der Waals surface area (Å²) in [7, 11) is -3.36. The summed E-state index contributed by atoms with van der Waals surface area (Å²) >= 11 is 0. The molecule has 1 aliphatic heterocycles. The van der Waals surface area contributed by atoms with Gasteiger partial charge in [-0.05, 0) is 49.9 Å². The first-order valence-electron chi connectivity index (χ1n) is 8.25. The van der Waals surface area contributed by atoms with Crippen LogP contribution in [0.4, 0.5) is 5.69 Å². The van der Waals surface area contributed by atoms with Crippen molar-refractivity contribution < 1.29 is 23.1 Å². The van der Waals surface area contributed by atoms with Crippen LogP contribution in [0.2, 0.25) is 0 Å². The number of carboxylic acid groups (broad SMARTS) is 1. The number of nitrogens with zero attached hydrogens (tertiary/aromatic N) is 1. The number of rotatable bonds is 6. The lowest BCUT2D eigenvalue weighted by molar-refractivity contribution is -0.144. The Morgan fingerprint density at radius 1 is 1.36 bits per heavy atom. The maximum Gasteiger partial charge on any atom is 0.329 e. The normalized spacial score (nSPS) is 16.7. The van der Waals surface area contributed by atoms with Gasteiger partial charge in [-0.15, -0.1) is 0 Å². The molecule has 0 saturated heterocycles. The topological polar surface area (TPSA) is 104 Å². The molecule has 0 spiro atoms. The Labute approximate surface area is 148 Å². The van der Waals surface area contributed by atoms with Gasteiger partial charge < -0.3 is 10.4 Å². The summed E-state index contributed by atoms with van der Waals surface area (Å²) in [4.78, 5) is 24.0. The second kappa shape index (κ2) is 7.03. The molecule has 2 rings (SSSR count). The third-order valence-corrected chi connectivity index (χ3v) is 5.61. The van der Waals surface area contributed by atoms with E-state index in [1.165, 1.54) is 17.3 Å². The Kier molecular flexibility index (Phi) is 5.41. The lowest BCUT2D eigenvalue weighted by Crippen LogP contribution is -2.52. The number of anilines is 1. The molecular weight excluding hydrogens is 344 g/mol. The second-order valence-electron chi connectivity index (χ2n) is 6.62. The number of amides is 1. The van der Waals surface area contributed by atoms with Gasteiger partial charge in [-0.1, -0.05) is 13.3 Å². The molecule has 0 aliphatic carbocycles. The molecule has 1 aliphatic rings. The fourth-order valence-corrected chi connectivity index (χ4v) is 4.09. The largest absolute Gasteiger partial charge is 0.480 e. The Hall–Kier alpha value is -2.09. The predicted octanol–water partition coefficient (Wildman–Crippen LogP) is 1.77. The van der Waals surface area contributed by atoms with Gasteiger partial charge in [0.15, 0.2) is 0 Å². The van der Waals surface area contributed by atoms with Crippen molar-refractivity contribution in [3.63, 3.8) is 0 Å². The predicted molar refractivity (Wildman–Crippen MR) is 95.4 cm³/mol. The van der Waals surface area contributed by atoms with Crippen LogP contribution in [0.3, 0.4) is 0 Å². The molecule has 1 atom stereocenters. The molecule has 7 nitrogen and oxygen atoms in total. The summed E-state index contributed by atoms with van der Waals surface area (Å²) in [6.45, 7) is 3.76. The maximum absolute atomic E-state index is 12.5. The molecule has 1 aromatic carbocycles. The highest BCUT2D eigenvalue weighted by Crippen LogP contribution is 2.30. The smallest absolute Gasteiger partial charge is 0.329 e. The maximum atomic E-state index is 12.5. The summed E-state index contributed by atoms with van der Waals surface area (Å²) in [5, 5.41) is 12.0. The Morgan fingerprint density at radius 2 is 2.04 bits per heavy atom. The van der Waals surface area contributed by atoms with Gasteiger partial charge in [0.1, 0.15) is 5.54 Å².